The number of carbonyl (C=O) groups is 1. The van der Waals surface area contributed by atoms with Crippen LogP contribution in [-0.4, -0.2) is 68.8 Å². The van der Waals surface area contributed by atoms with E-state index in [4.69, 9.17) is 4.98 Å². The molecule has 0 atom stereocenters. The number of aromatic amines is 1. The summed E-state index contributed by atoms with van der Waals surface area (Å²) in [6.07, 6.45) is 7.28. The number of ketones is 1. The highest BCUT2D eigenvalue weighted by atomic mass is 16.1. The average Bonchev–Trinajstić information content (AvgIpc) is 3.40. The number of imidazole rings is 1. The van der Waals surface area contributed by atoms with Gasteiger partial charge in [-0.05, 0) is 69.4 Å². The lowest BCUT2D eigenvalue weighted by atomic mass is 9.96. The quantitative estimate of drug-likeness (QED) is 0.356. The largest absolute Gasteiger partial charge is 0.356 e. The number of pyridine rings is 3. The van der Waals surface area contributed by atoms with E-state index in [-0.39, 0.29) is 11.6 Å². The normalized spacial score (nSPS) is 14.3. The molecule has 1 aromatic carbocycles. The molecule has 1 saturated heterocycles. The molecule has 9 nitrogen and oxygen atoms in total. The Kier molecular flexibility index (Phi) is 6.02. The fourth-order valence-electron chi connectivity index (χ4n) is 5.12. The Morgan fingerprint density at radius 3 is 2.71 bits per heavy atom. The van der Waals surface area contributed by atoms with Gasteiger partial charge in [0.1, 0.15) is 11.3 Å². The zero-order valence-electron chi connectivity index (χ0n) is 21.2. The molecule has 38 heavy (non-hydrogen) atoms. The Morgan fingerprint density at radius 2 is 1.92 bits per heavy atom. The molecular weight excluding hydrogens is 476 g/mol. The average molecular weight is 503 g/mol. The van der Waals surface area contributed by atoms with E-state index in [0.717, 1.165) is 42.7 Å². The van der Waals surface area contributed by atoms with Gasteiger partial charge in [-0.25, -0.2) is 9.97 Å². The Bertz CT molecular complexity index is 1700. The number of anilines is 1. The highest BCUT2D eigenvalue weighted by molar-refractivity contribution is 6.09. The molecule has 188 valence electrons. The molecule has 5 heterocycles. The molecule has 4 aromatic heterocycles. The molecule has 0 saturated carbocycles. The lowest BCUT2D eigenvalue weighted by Gasteiger charge is -2.35. The van der Waals surface area contributed by atoms with Crippen molar-refractivity contribution in [2.24, 2.45) is 0 Å². The van der Waals surface area contributed by atoms with Gasteiger partial charge in [-0.3, -0.25) is 14.8 Å². The Hall–Kier alpha value is -4.68. The van der Waals surface area contributed by atoms with Crippen molar-refractivity contribution in [3.05, 3.63) is 78.0 Å². The van der Waals surface area contributed by atoms with E-state index >= 15 is 0 Å². The van der Waals surface area contributed by atoms with Crippen LogP contribution in [-0.2, 0) is 0 Å². The van der Waals surface area contributed by atoms with Crippen molar-refractivity contribution in [2.75, 3.05) is 32.1 Å². The molecule has 1 N–H and O–H groups in total. The van der Waals surface area contributed by atoms with Gasteiger partial charge in [0.25, 0.3) is 0 Å². The molecule has 0 radical (unpaired) electrons. The summed E-state index contributed by atoms with van der Waals surface area (Å²) in [5.41, 5.74) is 4.09. The first kappa shape index (κ1) is 23.7. The van der Waals surface area contributed by atoms with Crippen LogP contribution < -0.4 is 4.90 Å². The maximum absolute atomic E-state index is 13.5. The van der Waals surface area contributed by atoms with Gasteiger partial charge >= 0.3 is 0 Å². The maximum Gasteiger partial charge on any atom is 0.228 e. The van der Waals surface area contributed by atoms with Crippen LogP contribution in [0.3, 0.4) is 0 Å². The molecule has 1 aliphatic heterocycles. The van der Waals surface area contributed by atoms with Crippen molar-refractivity contribution < 1.29 is 4.79 Å². The molecular formula is C29H26N8O. The van der Waals surface area contributed by atoms with Crippen molar-refractivity contribution in [1.29, 1.82) is 5.26 Å². The number of aromatic nitrogens is 5. The molecule has 1 fully saturated rings. The number of carbonyl (C=O) groups excluding carboxylic acids is 1. The Morgan fingerprint density at radius 1 is 1.08 bits per heavy atom. The van der Waals surface area contributed by atoms with Crippen molar-refractivity contribution in [3.63, 3.8) is 0 Å². The molecule has 0 bridgehead atoms. The number of hydrogen-bond donors (Lipinski definition) is 1. The van der Waals surface area contributed by atoms with Crippen molar-refractivity contribution in [2.45, 2.75) is 18.9 Å². The van der Waals surface area contributed by atoms with Gasteiger partial charge in [0.05, 0.1) is 17.1 Å². The second-order valence-electron chi connectivity index (χ2n) is 9.77. The SMILES string of the molecule is CN(C)C1CCN(c2ccc3nc(C(=O)c4ccc(C#N)c(-c5cncc6cccnc56)c4)[nH]c3n2)CC1. The van der Waals surface area contributed by atoms with Crippen LogP contribution in [0.5, 0.6) is 0 Å². The van der Waals surface area contributed by atoms with E-state index in [1.54, 1.807) is 36.8 Å². The second kappa shape index (κ2) is 9.65. The van der Waals surface area contributed by atoms with E-state index in [0.29, 0.717) is 39.5 Å². The van der Waals surface area contributed by atoms with Gasteiger partial charge in [-0.2, -0.15) is 5.26 Å². The van der Waals surface area contributed by atoms with E-state index in [2.05, 4.69) is 49.9 Å². The molecule has 0 spiro atoms. The van der Waals surface area contributed by atoms with Gasteiger partial charge < -0.3 is 14.8 Å². The van der Waals surface area contributed by atoms with Gasteiger partial charge in [0.2, 0.25) is 5.78 Å². The van der Waals surface area contributed by atoms with Crippen LogP contribution in [0.4, 0.5) is 5.82 Å². The number of rotatable bonds is 5. The number of piperidine rings is 1. The van der Waals surface area contributed by atoms with Crippen LogP contribution in [0, 0.1) is 11.3 Å². The van der Waals surface area contributed by atoms with Gasteiger partial charge in [0.15, 0.2) is 11.5 Å². The minimum absolute atomic E-state index is 0.209. The van der Waals surface area contributed by atoms with E-state index < -0.39 is 0 Å². The number of hydrogen-bond acceptors (Lipinski definition) is 8. The Labute approximate surface area is 219 Å². The number of nitrogens with zero attached hydrogens (tertiary/aromatic N) is 7. The molecule has 0 unspecified atom stereocenters. The van der Waals surface area contributed by atoms with Crippen LogP contribution in [0.2, 0.25) is 0 Å². The van der Waals surface area contributed by atoms with Crippen molar-refractivity contribution >= 4 is 33.7 Å². The topological polar surface area (TPSA) is 115 Å². The fraction of sp³-hybridized carbons (Fsp3) is 0.241. The van der Waals surface area contributed by atoms with Gasteiger partial charge in [0, 0.05) is 59.8 Å². The summed E-state index contributed by atoms with van der Waals surface area (Å²) < 4.78 is 0. The van der Waals surface area contributed by atoms with Gasteiger partial charge in [-0.15, -0.1) is 0 Å². The van der Waals surface area contributed by atoms with Gasteiger partial charge in [-0.1, -0.05) is 0 Å². The Balaban J connectivity index is 1.32. The van der Waals surface area contributed by atoms with Crippen LogP contribution in [0.1, 0.15) is 34.6 Å². The molecule has 0 aliphatic carbocycles. The first-order chi connectivity index (χ1) is 18.5. The first-order valence-electron chi connectivity index (χ1n) is 12.6. The predicted octanol–water partition coefficient (Wildman–Crippen LogP) is 4.20. The number of nitriles is 1. The van der Waals surface area contributed by atoms with Crippen LogP contribution >= 0.6 is 0 Å². The number of H-pyrrole nitrogens is 1. The minimum Gasteiger partial charge on any atom is -0.356 e. The van der Waals surface area contributed by atoms with Crippen LogP contribution in [0.25, 0.3) is 33.2 Å². The van der Waals surface area contributed by atoms with Crippen molar-refractivity contribution in [1.82, 2.24) is 29.8 Å². The number of benzene rings is 1. The lowest BCUT2D eigenvalue weighted by Crippen LogP contribution is -2.42. The predicted molar refractivity (Wildman–Crippen MR) is 146 cm³/mol. The third-order valence-electron chi connectivity index (χ3n) is 7.27. The molecule has 0 amide bonds. The molecule has 5 aromatic rings. The summed E-state index contributed by atoms with van der Waals surface area (Å²) in [4.78, 5) is 39.3. The van der Waals surface area contributed by atoms with E-state index in [1.807, 2.05) is 24.3 Å². The monoisotopic (exact) mass is 502 g/mol. The highest BCUT2D eigenvalue weighted by Gasteiger charge is 2.23. The first-order valence-corrected chi connectivity index (χ1v) is 12.6. The third kappa shape index (κ3) is 4.25. The smallest absolute Gasteiger partial charge is 0.228 e. The molecule has 1 aliphatic rings. The zero-order valence-corrected chi connectivity index (χ0v) is 21.2. The third-order valence-corrected chi connectivity index (χ3v) is 7.27. The molecule has 9 heteroatoms. The summed E-state index contributed by atoms with van der Waals surface area (Å²) in [5.74, 6) is 0.818. The summed E-state index contributed by atoms with van der Waals surface area (Å²) >= 11 is 0. The lowest BCUT2D eigenvalue weighted by molar-refractivity contribution is 0.103. The maximum atomic E-state index is 13.5. The fourth-order valence-corrected chi connectivity index (χ4v) is 5.12. The molecule has 6 rings (SSSR count). The number of fused-ring (bicyclic) bond motifs is 2. The second-order valence-corrected chi connectivity index (χ2v) is 9.77. The highest BCUT2D eigenvalue weighted by Crippen LogP contribution is 2.30. The van der Waals surface area contributed by atoms with Crippen molar-refractivity contribution in [3.8, 4) is 17.2 Å². The minimum atomic E-state index is -0.275. The zero-order chi connectivity index (χ0) is 26.2. The van der Waals surface area contributed by atoms with E-state index in [1.165, 1.54) is 0 Å². The summed E-state index contributed by atoms with van der Waals surface area (Å²) in [6.45, 7) is 1.88. The standard InChI is InChI=1S/C29H26N8O/c1-36(2)21-9-12-37(13-10-21)25-8-7-24-28(34-25)35-29(33-24)27(38)18-5-6-19(15-30)22(14-18)23-17-31-16-20-4-3-11-32-26(20)23/h3-8,11,14,16-17,21H,9-10,12-13H2,1-2H3,(H,33,34,35). The summed E-state index contributed by atoms with van der Waals surface area (Å²) in [5, 5.41) is 10.6. The summed E-state index contributed by atoms with van der Waals surface area (Å²) in [6, 6.07) is 15.5. The van der Waals surface area contributed by atoms with E-state index in [9.17, 15) is 10.1 Å². The van der Waals surface area contributed by atoms with Crippen LogP contribution in [0.15, 0.2) is 61.1 Å². The number of nitrogens with one attached hydrogen (secondary N) is 1. The summed E-state index contributed by atoms with van der Waals surface area (Å²) in [7, 11) is 4.25.